The summed E-state index contributed by atoms with van der Waals surface area (Å²) in [4.78, 5) is 1.61. The smallest absolute Gasteiger partial charge is 0.129 e. The van der Waals surface area contributed by atoms with Crippen LogP contribution in [0, 0.1) is 0 Å². The van der Waals surface area contributed by atoms with Crippen LogP contribution in [-0.2, 0) is 10.8 Å². The summed E-state index contributed by atoms with van der Waals surface area (Å²) >= 11 is 1.46. The Morgan fingerprint density at radius 1 is 0.639 bits per heavy atom. The lowest BCUT2D eigenvalue weighted by Crippen LogP contribution is -2.17. The quantitative estimate of drug-likeness (QED) is 0.219. The molecule has 0 radical (unpaired) electrons. The molecule has 2 rings (SSSR count). The first-order chi connectivity index (χ1) is 17.0. The maximum atomic E-state index is 10.5. The molecule has 0 aliphatic rings. The number of aromatic hydroxyl groups is 2. The van der Waals surface area contributed by atoms with Crippen molar-refractivity contribution >= 4 is 11.8 Å². The third-order valence-electron chi connectivity index (χ3n) is 7.07. The predicted octanol–water partition coefficient (Wildman–Crippen LogP) is 9.71. The second-order valence-corrected chi connectivity index (χ2v) is 12.4. The third kappa shape index (κ3) is 10.8. The van der Waals surface area contributed by atoms with E-state index in [0.29, 0.717) is 0 Å². The molecule has 0 aromatic heterocycles. The van der Waals surface area contributed by atoms with Gasteiger partial charge in [0.1, 0.15) is 11.5 Å². The van der Waals surface area contributed by atoms with Gasteiger partial charge in [0.05, 0.1) is 9.79 Å². The number of phenols is 2. The van der Waals surface area contributed by atoms with Gasteiger partial charge in [-0.3, -0.25) is 0 Å². The van der Waals surface area contributed by atoms with Crippen molar-refractivity contribution in [1.82, 2.24) is 0 Å². The van der Waals surface area contributed by atoms with Crippen molar-refractivity contribution < 1.29 is 10.2 Å². The van der Waals surface area contributed by atoms with Gasteiger partial charge in [0, 0.05) is 0 Å². The minimum absolute atomic E-state index is 0.0589. The summed E-state index contributed by atoms with van der Waals surface area (Å²) in [6.45, 7) is 16.5. The molecule has 0 aliphatic carbocycles. The average Bonchev–Trinajstić information content (AvgIpc) is 2.82. The first-order valence-electron chi connectivity index (χ1n) is 14.1. The van der Waals surface area contributed by atoms with Gasteiger partial charge in [-0.05, 0) is 72.0 Å². The van der Waals surface area contributed by atoms with E-state index < -0.39 is 0 Å². The van der Waals surface area contributed by atoms with Crippen LogP contribution in [0.3, 0.4) is 0 Å². The van der Waals surface area contributed by atoms with E-state index in [2.05, 4.69) is 60.6 Å². The summed E-state index contributed by atoms with van der Waals surface area (Å²) < 4.78 is 0. The topological polar surface area (TPSA) is 66.5 Å². The van der Waals surface area contributed by atoms with Crippen molar-refractivity contribution in [1.29, 1.82) is 0 Å². The van der Waals surface area contributed by atoms with Crippen molar-refractivity contribution in [3.63, 3.8) is 0 Å². The number of phenolic OH excluding ortho intramolecular Hbond substituents is 2. The molecule has 0 unspecified atom stereocenters. The van der Waals surface area contributed by atoms with Crippen LogP contribution in [0.2, 0.25) is 0 Å². The summed E-state index contributed by atoms with van der Waals surface area (Å²) in [5.41, 5.74) is 7.73. The van der Waals surface area contributed by atoms with E-state index in [1.54, 1.807) is 12.1 Å². The van der Waals surface area contributed by atoms with E-state index >= 15 is 0 Å². The lowest BCUT2D eigenvalue weighted by Gasteiger charge is -2.27. The van der Waals surface area contributed by atoms with Crippen LogP contribution in [-0.4, -0.2) is 16.8 Å². The molecule has 0 spiro atoms. The molecule has 2 aromatic carbocycles. The molecule has 4 N–H and O–H groups in total. The van der Waals surface area contributed by atoms with Crippen LogP contribution in [0.25, 0.3) is 0 Å². The number of hydrogen-bond donors (Lipinski definition) is 3. The molecule has 0 aliphatic heterocycles. The van der Waals surface area contributed by atoms with Gasteiger partial charge in [-0.15, -0.1) is 0 Å². The minimum atomic E-state index is 0.0589. The van der Waals surface area contributed by atoms with Gasteiger partial charge in [0.2, 0.25) is 0 Å². The Morgan fingerprint density at radius 2 is 1.03 bits per heavy atom. The van der Waals surface area contributed by atoms with Gasteiger partial charge < -0.3 is 15.9 Å². The average molecular weight is 516 g/mol. The minimum Gasteiger partial charge on any atom is -0.507 e. The monoisotopic (exact) mass is 515 g/mol. The number of benzene rings is 2. The number of nitrogens with two attached hydrogens (primary N) is 1. The molecular formula is C32H53NO2S. The first-order valence-corrected chi connectivity index (χ1v) is 14.9. The van der Waals surface area contributed by atoms with Crippen LogP contribution in [0.1, 0.15) is 124 Å². The van der Waals surface area contributed by atoms with E-state index in [0.717, 1.165) is 29.2 Å². The van der Waals surface area contributed by atoms with E-state index in [1.807, 2.05) is 12.1 Å². The highest BCUT2D eigenvalue weighted by atomic mass is 32.2. The molecule has 0 saturated carbocycles. The van der Waals surface area contributed by atoms with Gasteiger partial charge in [0.25, 0.3) is 0 Å². The van der Waals surface area contributed by atoms with Crippen molar-refractivity contribution in [2.75, 3.05) is 6.54 Å². The van der Waals surface area contributed by atoms with Gasteiger partial charge in [-0.1, -0.05) is 117 Å². The molecule has 36 heavy (non-hydrogen) atoms. The number of hydrogen-bond acceptors (Lipinski definition) is 4. The maximum absolute atomic E-state index is 10.5. The molecule has 0 amide bonds. The molecule has 0 saturated heterocycles. The second-order valence-electron chi connectivity index (χ2n) is 11.3. The highest BCUT2D eigenvalue weighted by Gasteiger charge is 2.24. The van der Waals surface area contributed by atoms with Crippen LogP contribution in [0.4, 0.5) is 0 Å². The zero-order valence-electron chi connectivity index (χ0n) is 24.1. The molecular weight excluding hydrogens is 462 g/mol. The highest BCUT2D eigenvalue weighted by molar-refractivity contribution is 7.99. The fourth-order valence-corrected chi connectivity index (χ4v) is 5.23. The Kier molecular flexibility index (Phi) is 14.6. The van der Waals surface area contributed by atoms with Gasteiger partial charge in [-0.25, -0.2) is 0 Å². The Balaban J connectivity index is 0.00000118. The summed E-state index contributed by atoms with van der Waals surface area (Å²) in [6.07, 6.45) is 12.0. The standard InChI is InChI=1S/C28H42O2S.C4H11N/c1-7-9-11-17-27(3,4)21-13-15-23(29)25(19-21)31-26-20-22(14-16-24(26)30)28(5,6)18-12-10-8-2;1-2-3-4-5/h13-16,19-20,29-30H,7-12,17-18H2,1-6H3;2-5H2,1H3. The Hall–Kier alpha value is -1.65. The summed E-state index contributed by atoms with van der Waals surface area (Å²) in [6, 6.07) is 11.9. The predicted molar refractivity (Wildman–Crippen MR) is 159 cm³/mol. The fourth-order valence-electron chi connectivity index (χ4n) is 4.28. The van der Waals surface area contributed by atoms with Crippen molar-refractivity contribution in [3.8, 4) is 11.5 Å². The zero-order chi connectivity index (χ0) is 27.2. The molecule has 0 fully saturated rings. The van der Waals surface area contributed by atoms with Crippen LogP contribution in [0.15, 0.2) is 46.2 Å². The van der Waals surface area contributed by atoms with E-state index in [4.69, 9.17) is 5.73 Å². The maximum Gasteiger partial charge on any atom is 0.129 e. The summed E-state index contributed by atoms with van der Waals surface area (Å²) in [5, 5.41) is 21.1. The number of rotatable bonds is 14. The second kappa shape index (κ2) is 16.2. The van der Waals surface area contributed by atoms with Crippen molar-refractivity contribution in [3.05, 3.63) is 47.5 Å². The van der Waals surface area contributed by atoms with E-state index in [1.165, 1.54) is 74.3 Å². The Morgan fingerprint density at radius 3 is 1.33 bits per heavy atom. The first kappa shape index (κ1) is 32.4. The highest BCUT2D eigenvalue weighted by Crippen LogP contribution is 2.43. The normalized spacial score (nSPS) is 11.8. The van der Waals surface area contributed by atoms with Crippen molar-refractivity contribution in [2.24, 2.45) is 5.73 Å². The van der Waals surface area contributed by atoms with Gasteiger partial charge in [-0.2, -0.15) is 0 Å². The molecule has 204 valence electrons. The number of unbranched alkanes of at least 4 members (excludes halogenated alkanes) is 5. The molecule has 3 nitrogen and oxygen atoms in total. The summed E-state index contributed by atoms with van der Waals surface area (Å²) in [5.74, 6) is 0.537. The molecule has 0 atom stereocenters. The summed E-state index contributed by atoms with van der Waals surface area (Å²) in [7, 11) is 0. The SMILES string of the molecule is CCCCCC(C)(C)c1ccc(O)c(Sc2cc(C(C)(C)CCCCC)ccc2O)c1.CCCCN. The Bertz CT molecular complexity index is 820. The lowest BCUT2D eigenvalue weighted by atomic mass is 9.80. The third-order valence-corrected chi connectivity index (χ3v) is 8.16. The Labute approximate surface area is 226 Å². The van der Waals surface area contributed by atoms with Gasteiger partial charge in [0.15, 0.2) is 0 Å². The molecule has 0 bridgehead atoms. The van der Waals surface area contributed by atoms with E-state index in [-0.39, 0.29) is 22.3 Å². The largest absolute Gasteiger partial charge is 0.507 e. The van der Waals surface area contributed by atoms with Gasteiger partial charge >= 0.3 is 0 Å². The van der Waals surface area contributed by atoms with Crippen LogP contribution in [0.5, 0.6) is 11.5 Å². The lowest BCUT2D eigenvalue weighted by molar-refractivity contribution is 0.440. The van der Waals surface area contributed by atoms with Crippen molar-refractivity contribution in [2.45, 2.75) is 133 Å². The molecule has 2 aromatic rings. The van der Waals surface area contributed by atoms with Crippen LogP contribution >= 0.6 is 11.8 Å². The zero-order valence-corrected chi connectivity index (χ0v) is 24.9. The molecule has 0 heterocycles. The molecule has 4 heteroatoms. The van der Waals surface area contributed by atoms with E-state index in [9.17, 15) is 10.2 Å². The fraction of sp³-hybridized carbons (Fsp3) is 0.625. The van der Waals surface area contributed by atoms with Crippen LogP contribution < -0.4 is 5.73 Å².